The number of aromatic nitrogens is 2. The summed E-state index contributed by atoms with van der Waals surface area (Å²) in [4.78, 5) is 12.2. The van der Waals surface area contributed by atoms with Crippen LogP contribution < -0.4 is 4.74 Å². The maximum atomic E-state index is 13.6. The second-order valence-electron chi connectivity index (χ2n) is 9.52. The minimum Gasteiger partial charge on any atom is -0.495 e. The van der Waals surface area contributed by atoms with E-state index in [-0.39, 0.29) is 12.4 Å². The Labute approximate surface area is 208 Å². The van der Waals surface area contributed by atoms with E-state index in [1.165, 1.54) is 12.1 Å². The van der Waals surface area contributed by atoms with Crippen LogP contribution in [-0.4, -0.2) is 57.9 Å². The number of amidine groups is 1. The average Bonchev–Trinajstić information content (AvgIpc) is 3.47. The normalized spacial score (nSPS) is 25.9. The third-order valence-corrected chi connectivity index (χ3v) is 7.23. The molecule has 1 aromatic heterocycles. The van der Waals surface area contributed by atoms with Crippen molar-refractivity contribution in [1.29, 1.82) is 0 Å². The monoisotopic (exact) mass is 490 g/mol. The molecule has 0 amide bonds. The highest BCUT2D eigenvalue weighted by Crippen LogP contribution is 2.47. The van der Waals surface area contributed by atoms with E-state index in [9.17, 15) is 9.50 Å². The smallest absolute Gasteiger partial charge is 0.260 e. The van der Waals surface area contributed by atoms with E-state index in [4.69, 9.17) is 14.3 Å². The summed E-state index contributed by atoms with van der Waals surface area (Å²) in [6.07, 6.45) is 7.32. The maximum Gasteiger partial charge on any atom is 0.260 e. The number of fused-ring (bicyclic) bond motifs is 1. The van der Waals surface area contributed by atoms with Gasteiger partial charge in [-0.15, -0.1) is 0 Å². The van der Waals surface area contributed by atoms with Crippen LogP contribution in [0.2, 0.25) is 0 Å². The quantitative estimate of drug-likeness (QED) is 0.587. The van der Waals surface area contributed by atoms with Crippen molar-refractivity contribution >= 4 is 11.9 Å². The summed E-state index contributed by atoms with van der Waals surface area (Å²) >= 11 is 0. The van der Waals surface area contributed by atoms with Crippen LogP contribution in [0.25, 0.3) is 11.8 Å². The lowest BCUT2D eigenvalue weighted by Gasteiger charge is -2.51. The minimum atomic E-state index is -1.24. The van der Waals surface area contributed by atoms with Gasteiger partial charge in [0.05, 0.1) is 43.6 Å². The van der Waals surface area contributed by atoms with E-state index in [0.29, 0.717) is 36.7 Å². The number of hydrogen-bond acceptors (Lipinski definition) is 7. The topological polar surface area (TPSA) is 81.3 Å². The van der Waals surface area contributed by atoms with Crippen molar-refractivity contribution in [1.82, 2.24) is 14.5 Å². The lowest BCUT2D eigenvalue weighted by Crippen LogP contribution is -2.62. The van der Waals surface area contributed by atoms with Gasteiger partial charge in [-0.3, -0.25) is 0 Å². The van der Waals surface area contributed by atoms with Gasteiger partial charge in [0.15, 0.2) is 5.84 Å². The third kappa shape index (κ3) is 3.58. The molecule has 2 unspecified atom stereocenters. The van der Waals surface area contributed by atoms with Gasteiger partial charge in [0.25, 0.3) is 5.72 Å². The van der Waals surface area contributed by atoms with Gasteiger partial charge in [-0.25, -0.2) is 9.37 Å². The van der Waals surface area contributed by atoms with E-state index in [2.05, 4.69) is 16.2 Å². The van der Waals surface area contributed by atoms with E-state index in [1.807, 2.05) is 40.8 Å². The van der Waals surface area contributed by atoms with E-state index in [1.54, 1.807) is 25.6 Å². The molecule has 0 radical (unpaired) electrons. The first-order valence-corrected chi connectivity index (χ1v) is 11.9. The third-order valence-electron chi connectivity index (χ3n) is 7.23. The number of piperidine rings is 1. The van der Waals surface area contributed by atoms with Crippen molar-refractivity contribution in [2.75, 3.05) is 26.9 Å². The van der Waals surface area contributed by atoms with E-state index < -0.39 is 11.3 Å². The molecule has 3 aromatic rings. The fourth-order valence-electron chi connectivity index (χ4n) is 5.24. The molecule has 3 aliphatic heterocycles. The Morgan fingerprint density at radius 2 is 2.03 bits per heavy atom. The number of ether oxygens (including phenoxy) is 2. The number of imidazole rings is 1. The van der Waals surface area contributed by atoms with Crippen LogP contribution in [0.3, 0.4) is 0 Å². The van der Waals surface area contributed by atoms with Gasteiger partial charge in [0.2, 0.25) is 0 Å². The van der Waals surface area contributed by atoms with Gasteiger partial charge in [-0.2, -0.15) is 0 Å². The molecule has 4 heterocycles. The lowest BCUT2D eigenvalue weighted by molar-refractivity contribution is -0.197. The Morgan fingerprint density at radius 1 is 1.22 bits per heavy atom. The second-order valence-corrected chi connectivity index (χ2v) is 9.52. The van der Waals surface area contributed by atoms with Crippen LogP contribution >= 0.6 is 0 Å². The van der Waals surface area contributed by atoms with Crippen molar-refractivity contribution < 1.29 is 23.8 Å². The number of methoxy groups -OCH3 is 1. The molecule has 1 N–H and O–H groups in total. The molecule has 2 atom stereocenters. The molecule has 0 saturated carbocycles. The van der Waals surface area contributed by atoms with Crippen LogP contribution in [0.1, 0.15) is 29.7 Å². The molecule has 3 aliphatic rings. The zero-order valence-electron chi connectivity index (χ0n) is 20.1. The summed E-state index contributed by atoms with van der Waals surface area (Å²) in [6.45, 7) is 2.80. The van der Waals surface area contributed by atoms with Gasteiger partial charge < -0.3 is 28.9 Å². The average molecular weight is 491 g/mol. The predicted molar refractivity (Wildman–Crippen MR) is 131 cm³/mol. The summed E-state index contributed by atoms with van der Waals surface area (Å²) in [5.74, 6) is 1.000. The Morgan fingerprint density at radius 3 is 2.67 bits per heavy atom. The van der Waals surface area contributed by atoms with Crippen LogP contribution in [0.5, 0.6) is 5.75 Å². The largest absolute Gasteiger partial charge is 0.495 e. The van der Waals surface area contributed by atoms with Gasteiger partial charge in [0, 0.05) is 30.2 Å². The van der Waals surface area contributed by atoms with Crippen molar-refractivity contribution in [3.05, 3.63) is 83.2 Å². The molecular weight excluding hydrogens is 463 g/mol. The molecule has 36 heavy (non-hydrogen) atoms. The van der Waals surface area contributed by atoms with Gasteiger partial charge in [-0.05, 0) is 55.0 Å². The first kappa shape index (κ1) is 22.8. The molecule has 2 saturated heterocycles. The zero-order chi connectivity index (χ0) is 24.9. The van der Waals surface area contributed by atoms with Crippen molar-refractivity contribution in [2.45, 2.75) is 31.1 Å². The fraction of sp³-hybridized carbons (Fsp3) is 0.333. The summed E-state index contributed by atoms with van der Waals surface area (Å²) in [5, 5.41) is 14.9. The van der Waals surface area contributed by atoms with Crippen molar-refractivity contribution in [3.63, 3.8) is 0 Å². The Bertz CT molecular complexity index is 1360. The molecule has 2 fully saturated rings. The SMILES string of the molecule is COc1cc(/C=C2\CC3(CCO3)CN3C2=NOC3(CO)c2ccc(F)cc2)ccc1-n1cnc(C)c1. The molecule has 1 spiro atoms. The minimum absolute atomic E-state index is 0.345. The first-order valence-electron chi connectivity index (χ1n) is 11.9. The van der Waals surface area contributed by atoms with Crippen LogP contribution in [-0.2, 0) is 15.3 Å². The molecule has 2 aromatic carbocycles. The highest BCUT2D eigenvalue weighted by Gasteiger charge is 2.56. The van der Waals surface area contributed by atoms with E-state index in [0.717, 1.165) is 28.9 Å². The Hall–Kier alpha value is -3.69. The number of aliphatic hydroxyl groups is 1. The van der Waals surface area contributed by atoms with Crippen LogP contribution in [0.15, 0.2) is 65.7 Å². The van der Waals surface area contributed by atoms with Gasteiger partial charge in [0.1, 0.15) is 18.2 Å². The molecule has 8 nitrogen and oxygen atoms in total. The summed E-state index contributed by atoms with van der Waals surface area (Å²) in [7, 11) is 1.65. The van der Waals surface area contributed by atoms with Crippen molar-refractivity contribution in [3.8, 4) is 11.4 Å². The van der Waals surface area contributed by atoms with Crippen LogP contribution in [0.4, 0.5) is 4.39 Å². The number of benzene rings is 2. The molecule has 0 aliphatic carbocycles. The standard InChI is InChI=1S/C27H27FN4O4/c1-18-14-31(17-29-18)23-8-3-19(12-24(23)34-2)11-20-13-26(9-10-35-26)15-32-25(20)30-36-27(32,16-33)21-4-6-22(28)7-5-21/h3-8,11-12,14,17,33H,9-10,13,15-16H2,1-2H3/b20-11+. The number of aryl methyl sites for hydroxylation is 1. The summed E-state index contributed by atoms with van der Waals surface area (Å²) in [6, 6.07) is 11.9. The van der Waals surface area contributed by atoms with Crippen LogP contribution in [0, 0.1) is 12.7 Å². The first-order chi connectivity index (χ1) is 17.4. The molecule has 186 valence electrons. The number of aliphatic hydroxyl groups excluding tert-OH is 1. The molecule has 9 heteroatoms. The number of nitrogens with zero attached hydrogens (tertiary/aromatic N) is 4. The highest BCUT2D eigenvalue weighted by molar-refractivity contribution is 6.04. The van der Waals surface area contributed by atoms with Gasteiger partial charge in [-0.1, -0.05) is 11.2 Å². The van der Waals surface area contributed by atoms with Crippen molar-refractivity contribution in [2.24, 2.45) is 5.16 Å². The molecule has 6 rings (SSSR count). The molecular formula is C27H27FN4O4. The van der Waals surface area contributed by atoms with Gasteiger partial charge >= 0.3 is 0 Å². The number of halogens is 1. The predicted octanol–water partition coefficient (Wildman–Crippen LogP) is 3.77. The number of rotatable bonds is 5. The fourth-order valence-corrected chi connectivity index (χ4v) is 5.24. The number of hydrogen-bond donors (Lipinski definition) is 1. The Kier molecular flexibility index (Phi) is 5.35. The summed E-state index contributed by atoms with van der Waals surface area (Å²) < 4.78 is 27.3. The lowest BCUT2D eigenvalue weighted by atomic mass is 9.80. The highest BCUT2D eigenvalue weighted by atomic mass is 19.1. The maximum absolute atomic E-state index is 13.6. The molecule has 0 bridgehead atoms. The Balaban J connectivity index is 1.39. The number of oxime groups is 1. The second kappa shape index (κ2) is 8.46. The van der Waals surface area contributed by atoms with E-state index >= 15 is 0 Å². The summed E-state index contributed by atoms with van der Waals surface area (Å²) in [5.41, 5.74) is 2.68. The zero-order valence-corrected chi connectivity index (χ0v) is 20.1.